The Morgan fingerprint density at radius 3 is 2.00 bits per heavy atom. The second-order valence-electron chi connectivity index (χ2n) is 15.3. The summed E-state index contributed by atoms with van der Waals surface area (Å²) in [6.07, 6.45) is 11.7. The molecule has 0 radical (unpaired) electrons. The van der Waals surface area contributed by atoms with E-state index in [2.05, 4.69) is 177 Å². The van der Waals surface area contributed by atoms with E-state index >= 15 is 0 Å². The van der Waals surface area contributed by atoms with Crippen molar-refractivity contribution in [3.63, 3.8) is 0 Å². The Morgan fingerprint density at radius 2 is 1.27 bits per heavy atom. The van der Waals surface area contributed by atoms with Gasteiger partial charge in [0.05, 0.1) is 17.0 Å². The second-order valence-corrected chi connectivity index (χ2v) is 16.4. The average molecular weight is 720 g/mol. The van der Waals surface area contributed by atoms with Crippen LogP contribution in [0.1, 0.15) is 80.8 Å². The van der Waals surface area contributed by atoms with Gasteiger partial charge in [-0.2, -0.15) is 5.26 Å². The molecule has 1 aliphatic heterocycles. The minimum atomic E-state index is -0.565. The summed E-state index contributed by atoms with van der Waals surface area (Å²) in [7, 11) is 0. The topological polar surface area (TPSA) is 23.8 Å². The molecule has 0 aromatic heterocycles. The first-order valence-corrected chi connectivity index (χ1v) is 20.2. The van der Waals surface area contributed by atoms with Gasteiger partial charge in [0.2, 0.25) is 0 Å². The summed E-state index contributed by atoms with van der Waals surface area (Å²) < 4.78 is 0. The minimum Gasteiger partial charge on any atom is -0.192 e. The minimum absolute atomic E-state index is 0.241. The molecule has 1 spiro atoms. The molecule has 2 unspecified atom stereocenters. The van der Waals surface area contributed by atoms with Crippen LogP contribution >= 0.6 is 11.8 Å². The van der Waals surface area contributed by atoms with Crippen LogP contribution in [0.5, 0.6) is 0 Å². The number of nitriles is 1. The highest BCUT2D eigenvalue weighted by Crippen LogP contribution is 2.63. The van der Waals surface area contributed by atoms with E-state index < -0.39 is 5.41 Å². The third-order valence-corrected chi connectivity index (χ3v) is 13.8. The zero-order valence-corrected chi connectivity index (χ0v) is 31.4. The Labute approximate surface area is 327 Å². The molecule has 0 bridgehead atoms. The zero-order chi connectivity index (χ0) is 36.7. The highest BCUT2D eigenvalue weighted by Gasteiger charge is 2.50. The van der Waals surface area contributed by atoms with Crippen molar-refractivity contribution < 1.29 is 0 Å². The Hall–Kier alpha value is -6.14. The van der Waals surface area contributed by atoms with Crippen LogP contribution in [0.3, 0.4) is 0 Å². The number of nitrogens with zero attached hydrogens (tertiary/aromatic N) is 1. The van der Waals surface area contributed by atoms with Crippen molar-refractivity contribution in [2.45, 2.75) is 46.8 Å². The predicted molar refractivity (Wildman–Crippen MR) is 227 cm³/mol. The zero-order valence-electron chi connectivity index (χ0n) is 30.6. The third kappa shape index (κ3) is 4.60. The first kappa shape index (κ1) is 32.3. The molecule has 11 rings (SSSR count). The quantitative estimate of drug-likeness (QED) is 0.182. The van der Waals surface area contributed by atoms with Crippen molar-refractivity contribution in [1.82, 2.24) is 0 Å². The molecule has 0 N–H and O–H groups in total. The van der Waals surface area contributed by atoms with Crippen LogP contribution in [0.15, 0.2) is 168 Å². The maximum absolute atomic E-state index is 10.2. The van der Waals surface area contributed by atoms with Gasteiger partial charge in [0, 0.05) is 15.7 Å². The van der Waals surface area contributed by atoms with Gasteiger partial charge >= 0.3 is 0 Å². The van der Waals surface area contributed by atoms with E-state index in [1.54, 1.807) is 0 Å². The van der Waals surface area contributed by atoms with Crippen molar-refractivity contribution in [2.24, 2.45) is 0 Å². The molecule has 260 valence electrons. The van der Waals surface area contributed by atoms with Crippen molar-refractivity contribution in [1.29, 1.82) is 5.26 Å². The summed E-state index contributed by atoms with van der Waals surface area (Å²) in [5.74, 6) is 0.496. The van der Waals surface area contributed by atoms with Crippen molar-refractivity contribution in [3.8, 4) is 39.4 Å². The molecule has 2 atom stereocenters. The summed E-state index contributed by atoms with van der Waals surface area (Å²) in [4.78, 5) is 2.53. The molecular formula is C53H37NS. The summed E-state index contributed by atoms with van der Waals surface area (Å²) >= 11 is 1.86. The monoisotopic (exact) mass is 719 g/mol. The van der Waals surface area contributed by atoms with E-state index in [1.165, 1.54) is 93.2 Å². The lowest BCUT2D eigenvalue weighted by molar-refractivity contribution is 0.670. The van der Waals surface area contributed by atoms with Crippen LogP contribution in [-0.4, -0.2) is 0 Å². The molecule has 0 fully saturated rings. The van der Waals surface area contributed by atoms with E-state index in [1.807, 2.05) is 17.8 Å². The number of fused-ring (bicyclic) bond motifs is 11. The van der Waals surface area contributed by atoms with Crippen LogP contribution in [0.2, 0.25) is 0 Å². The smallest absolute Gasteiger partial charge is 0.0991 e. The lowest BCUT2D eigenvalue weighted by Gasteiger charge is -2.40. The summed E-state index contributed by atoms with van der Waals surface area (Å²) in [6, 6.07) is 56.1. The molecule has 7 aromatic carbocycles. The lowest BCUT2D eigenvalue weighted by atomic mass is 9.66. The van der Waals surface area contributed by atoms with Crippen molar-refractivity contribution in [2.75, 3.05) is 0 Å². The molecule has 1 nitrogen and oxygen atoms in total. The van der Waals surface area contributed by atoms with E-state index in [4.69, 9.17) is 0 Å². The molecule has 0 amide bonds. The molecule has 4 aliphatic rings. The number of hydrogen-bond acceptors (Lipinski definition) is 2. The highest BCUT2D eigenvalue weighted by molar-refractivity contribution is 7.99. The largest absolute Gasteiger partial charge is 0.192 e. The molecule has 0 saturated heterocycles. The Balaban J connectivity index is 1.24. The predicted octanol–water partition coefficient (Wildman–Crippen LogP) is 13.6. The van der Waals surface area contributed by atoms with Gasteiger partial charge in [-0.1, -0.05) is 158 Å². The van der Waals surface area contributed by atoms with Crippen LogP contribution < -0.4 is 0 Å². The van der Waals surface area contributed by atoms with Gasteiger partial charge < -0.3 is 0 Å². The summed E-state index contributed by atoms with van der Waals surface area (Å²) in [5.41, 5.74) is 19.9. The molecule has 7 aromatic rings. The molecule has 2 heteroatoms. The van der Waals surface area contributed by atoms with Gasteiger partial charge in [-0.05, 0) is 133 Å². The number of hydrogen-bond donors (Lipinski definition) is 0. The molecule has 0 saturated carbocycles. The second kappa shape index (κ2) is 12.5. The van der Waals surface area contributed by atoms with Crippen LogP contribution in [0.25, 0.3) is 45.5 Å². The number of rotatable bonds is 3. The lowest BCUT2D eigenvalue weighted by Crippen LogP contribution is -2.32. The van der Waals surface area contributed by atoms with Crippen LogP contribution in [0, 0.1) is 11.3 Å². The fraction of sp³-hybridized carbons (Fsp3) is 0.113. The number of benzene rings is 7. The van der Waals surface area contributed by atoms with Gasteiger partial charge in [-0.25, -0.2) is 0 Å². The standard InChI is InChI=1S/C53H37NS/c1-33-38(35-14-4-2-5-15-35)28-29-43-50(33)52(42-19-9-8-18-41(42)51(43)36-16-6-3-7-17-36)37-25-27-40-39-26-24-34(32-54)30-46(39)53(47(40)31-37)44-20-10-12-22-48(44)55-49-23-13-11-21-45(49)53/h2-7,9-17,19-31,33,38H,8,18H2,1H3. The third-order valence-electron chi connectivity index (χ3n) is 12.6. The normalized spacial score (nSPS) is 17.7. The van der Waals surface area contributed by atoms with E-state index in [-0.39, 0.29) is 11.8 Å². The highest BCUT2D eigenvalue weighted by atomic mass is 32.2. The Kier molecular flexibility index (Phi) is 7.32. The molecule has 3 aliphatic carbocycles. The van der Waals surface area contributed by atoms with Crippen LogP contribution in [-0.2, 0) is 11.8 Å². The van der Waals surface area contributed by atoms with Gasteiger partial charge in [0.1, 0.15) is 0 Å². The SMILES string of the molecule is CC1c2c(c(-c3ccccc3)c3c(c2-c2ccc4c(c2)C2(c5ccccc5Sc5ccccc52)c2cc(C#N)ccc2-4)C=CCC3)C=CC1c1ccccc1. The summed E-state index contributed by atoms with van der Waals surface area (Å²) in [5, 5.41) is 10.2. The summed E-state index contributed by atoms with van der Waals surface area (Å²) in [6.45, 7) is 2.44. The van der Waals surface area contributed by atoms with E-state index in [0.29, 0.717) is 5.56 Å². The fourth-order valence-electron chi connectivity index (χ4n) is 10.4. The fourth-order valence-corrected chi connectivity index (χ4v) is 11.6. The van der Waals surface area contributed by atoms with Crippen molar-refractivity contribution in [3.05, 3.63) is 213 Å². The molecular weight excluding hydrogens is 683 g/mol. The Morgan fingerprint density at radius 1 is 0.618 bits per heavy atom. The maximum Gasteiger partial charge on any atom is 0.0991 e. The first-order chi connectivity index (χ1) is 27.2. The van der Waals surface area contributed by atoms with Crippen molar-refractivity contribution >= 4 is 23.9 Å². The number of allylic oxidation sites excluding steroid dienone is 2. The van der Waals surface area contributed by atoms with Gasteiger partial charge in [-0.3, -0.25) is 0 Å². The maximum atomic E-state index is 10.2. The van der Waals surface area contributed by atoms with Gasteiger partial charge in [0.15, 0.2) is 0 Å². The Bertz CT molecular complexity index is 2770. The van der Waals surface area contributed by atoms with Crippen LogP contribution in [0.4, 0.5) is 0 Å². The van der Waals surface area contributed by atoms with E-state index in [0.717, 1.165) is 12.8 Å². The first-order valence-electron chi connectivity index (χ1n) is 19.4. The molecule has 1 heterocycles. The van der Waals surface area contributed by atoms with E-state index in [9.17, 15) is 5.26 Å². The molecule has 55 heavy (non-hydrogen) atoms. The average Bonchev–Trinajstić information content (AvgIpc) is 3.52. The van der Waals surface area contributed by atoms with Gasteiger partial charge in [0.25, 0.3) is 0 Å². The van der Waals surface area contributed by atoms with Gasteiger partial charge in [-0.15, -0.1) is 0 Å².